The van der Waals surface area contributed by atoms with Crippen LogP contribution in [0.4, 0.5) is 10.2 Å². The van der Waals surface area contributed by atoms with Crippen molar-refractivity contribution in [3.8, 4) is 12.3 Å². The molecular formula is C29H47FN6O5. The molecule has 0 aromatic carbocycles. The Morgan fingerprint density at radius 1 is 1.17 bits per heavy atom. The molecule has 2 aromatic rings. The molecule has 1 aliphatic heterocycles. The number of aliphatic hydroxyl groups excluding tert-OH is 1. The second-order valence-corrected chi connectivity index (χ2v) is 9.89. The summed E-state index contributed by atoms with van der Waals surface area (Å²) in [6.45, 7) is 2.23. The standard InChI is InChI=1S/C27H40FN5O3.CH3NO.CH4O/c1-3-5-6-7-8-9-10-11-12-13-14-15-16-22(34)35-19-27(4-2)18-17-21(36-27)33-20-30-23-24(29)31-26(28)32-25(23)33;2-1-3;1-2/h2,20-21H,3,5-19H2,1H3,(H2,29,31,32);1H,(H2,2,3);2H,1H3. The summed E-state index contributed by atoms with van der Waals surface area (Å²) >= 11 is 0. The van der Waals surface area contributed by atoms with E-state index in [4.69, 9.17) is 31.5 Å². The van der Waals surface area contributed by atoms with Crippen molar-refractivity contribution in [3.05, 3.63) is 12.4 Å². The van der Waals surface area contributed by atoms with Gasteiger partial charge in [0.1, 0.15) is 12.8 Å². The summed E-state index contributed by atoms with van der Waals surface area (Å²) < 4.78 is 26.8. The van der Waals surface area contributed by atoms with Crippen molar-refractivity contribution in [2.45, 2.75) is 115 Å². The van der Waals surface area contributed by atoms with Crippen LogP contribution < -0.4 is 11.5 Å². The lowest BCUT2D eigenvalue weighted by atomic mass is 10.0. The van der Waals surface area contributed by atoms with Crippen LogP contribution in [0.5, 0.6) is 0 Å². The van der Waals surface area contributed by atoms with Gasteiger partial charge in [-0.1, -0.05) is 83.5 Å². The molecule has 1 amide bonds. The molecule has 3 rings (SSSR count). The molecule has 0 bridgehead atoms. The fourth-order valence-corrected chi connectivity index (χ4v) is 4.69. The molecule has 2 unspecified atom stereocenters. The number of unbranched alkanes of at least 4 members (excludes halogenated alkanes) is 11. The summed E-state index contributed by atoms with van der Waals surface area (Å²) in [4.78, 5) is 32.3. The molecule has 5 N–H and O–H groups in total. The van der Waals surface area contributed by atoms with Crippen molar-refractivity contribution >= 4 is 29.4 Å². The highest BCUT2D eigenvalue weighted by molar-refractivity contribution is 5.81. The molecule has 0 radical (unpaired) electrons. The number of carbonyl (C=O) groups excluding carboxylic acids is 2. The molecule has 230 valence electrons. The van der Waals surface area contributed by atoms with Crippen LogP contribution in [0.1, 0.15) is 109 Å². The van der Waals surface area contributed by atoms with Crippen LogP contribution >= 0.6 is 0 Å². The van der Waals surface area contributed by atoms with Gasteiger partial charge in [0.2, 0.25) is 6.41 Å². The number of terminal acetylenes is 1. The number of hydrogen-bond acceptors (Lipinski definition) is 9. The van der Waals surface area contributed by atoms with E-state index in [0.29, 0.717) is 24.8 Å². The predicted octanol–water partition coefficient (Wildman–Crippen LogP) is 4.57. The molecule has 2 atom stereocenters. The molecule has 11 nitrogen and oxygen atoms in total. The maximum absolute atomic E-state index is 13.7. The summed E-state index contributed by atoms with van der Waals surface area (Å²) in [5, 5.41) is 7.00. The van der Waals surface area contributed by atoms with Crippen molar-refractivity contribution < 1.29 is 28.6 Å². The number of imidazole rings is 1. The Hall–Kier alpha value is -3.30. The first-order valence-electron chi connectivity index (χ1n) is 14.5. The number of rotatable bonds is 16. The van der Waals surface area contributed by atoms with Gasteiger partial charge >= 0.3 is 12.0 Å². The predicted molar refractivity (Wildman–Crippen MR) is 156 cm³/mol. The number of nitrogens with two attached hydrogens (primary N) is 2. The van der Waals surface area contributed by atoms with E-state index in [1.54, 1.807) is 4.57 Å². The Morgan fingerprint density at radius 2 is 1.73 bits per heavy atom. The van der Waals surface area contributed by atoms with Crippen LogP contribution in [-0.2, 0) is 19.1 Å². The number of fused-ring (bicyclic) bond motifs is 1. The van der Waals surface area contributed by atoms with Crippen molar-refractivity contribution in [1.29, 1.82) is 0 Å². The van der Waals surface area contributed by atoms with Gasteiger partial charge in [0.15, 0.2) is 22.6 Å². The minimum absolute atomic E-state index is 0.0186. The highest BCUT2D eigenvalue weighted by Gasteiger charge is 2.41. The number of amides is 1. The number of nitrogens with zero attached hydrogens (tertiary/aromatic N) is 4. The molecular weight excluding hydrogens is 531 g/mol. The third kappa shape index (κ3) is 12.4. The van der Waals surface area contributed by atoms with Crippen LogP contribution in [0.3, 0.4) is 0 Å². The van der Waals surface area contributed by atoms with E-state index in [0.717, 1.165) is 26.4 Å². The number of carbonyl (C=O) groups is 2. The van der Waals surface area contributed by atoms with E-state index in [2.05, 4.69) is 33.5 Å². The van der Waals surface area contributed by atoms with Crippen LogP contribution in [0, 0.1) is 18.4 Å². The first-order valence-corrected chi connectivity index (χ1v) is 14.5. The number of ether oxygens (including phenoxy) is 2. The summed E-state index contributed by atoms with van der Waals surface area (Å²) in [5.41, 5.74) is 9.40. The summed E-state index contributed by atoms with van der Waals surface area (Å²) in [7, 11) is 1.00. The molecule has 1 saturated heterocycles. The number of esters is 1. The van der Waals surface area contributed by atoms with E-state index in [-0.39, 0.29) is 30.5 Å². The summed E-state index contributed by atoms with van der Waals surface area (Å²) in [6.07, 6.45) is 22.3. The zero-order valence-electron chi connectivity index (χ0n) is 24.5. The highest BCUT2D eigenvalue weighted by Crippen LogP contribution is 2.38. The Labute approximate surface area is 242 Å². The van der Waals surface area contributed by atoms with Gasteiger partial charge < -0.3 is 26.0 Å². The van der Waals surface area contributed by atoms with E-state index in [9.17, 15) is 9.18 Å². The van der Waals surface area contributed by atoms with E-state index in [1.165, 1.54) is 64.1 Å². The lowest BCUT2D eigenvalue weighted by Crippen LogP contribution is -2.34. The topological polar surface area (TPSA) is 168 Å². The van der Waals surface area contributed by atoms with Gasteiger partial charge in [-0.2, -0.15) is 14.4 Å². The fourth-order valence-electron chi connectivity index (χ4n) is 4.69. The molecule has 3 heterocycles. The molecule has 0 saturated carbocycles. The maximum atomic E-state index is 13.7. The fraction of sp³-hybridized carbons (Fsp3) is 0.690. The second-order valence-electron chi connectivity index (χ2n) is 9.89. The third-order valence-corrected chi connectivity index (χ3v) is 6.85. The lowest BCUT2D eigenvalue weighted by molar-refractivity contribution is -0.152. The molecule has 1 aliphatic rings. The Morgan fingerprint density at radius 3 is 2.29 bits per heavy atom. The molecule has 41 heavy (non-hydrogen) atoms. The SMILES string of the molecule is C#CC1(COC(=O)CCCCCCCCCCCCCC)CCC(n2cnc3c(N)nc(F)nc32)O1.CO.NC=O. The minimum atomic E-state index is -1.04. The lowest BCUT2D eigenvalue weighted by Gasteiger charge is -2.23. The minimum Gasteiger partial charge on any atom is -0.462 e. The number of primary amides is 1. The van der Waals surface area contributed by atoms with Crippen LogP contribution in [0.15, 0.2) is 6.33 Å². The first-order chi connectivity index (χ1) is 19.9. The Balaban J connectivity index is 0.00000157. The zero-order valence-corrected chi connectivity index (χ0v) is 24.5. The Bertz CT molecular complexity index is 1080. The summed E-state index contributed by atoms with van der Waals surface area (Å²) in [5.74, 6) is 2.34. The van der Waals surface area contributed by atoms with Crippen molar-refractivity contribution in [2.75, 3.05) is 19.5 Å². The third-order valence-electron chi connectivity index (χ3n) is 6.85. The Kier molecular flexibility index (Phi) is 17.9. The quantitative estimate of drug-likeness (QED) is 0.0849. The molecule has 2 aromatic heterocycles. The zero-order chi connectivity index (χ0) is 30.5. The van der Waals surface area contributed by atoms with E-state index in [1.807, 2.05) is 0 Å². The second kappa shape index (κ2) is 20.6. The summed E-state index contributed by atoms with van der Waals surface area (Å²) in [6, 6.07) is 0. The number of aromatic nitrogens is 4. The van der Waals surface area contributed by atoms with E-state index < -0.39 is 17.9 Å². The largest absolute Gasteiger partial charge is 0.462 e. The van der Waals surface area contributed by atoms with E-state index >= 15 is 0 Å². The number of halogens is 1. The molecule has 0 spiro atoms. The number of nitrogen functional groups attached to an aromatic ring is 1. The van der Waals surface area contributed by atoms with Crippen LogP contribution in [-0.4, -0.2) is 56.3 Å². The van der Waals surface area contributed by atoms with Crippen molar-refractivity contribution in [2.24, 2.45) is 5.73 Å². The first kappa shape index (κ1) is 35.7. The van der Waals surface area contributed by atoms with Gasteiger partial charge in [0.25, 0.3) is 0 Å². The number of hydrogen-bond donors (Lipinski definition) is 3. The number of aliphatic hydroxyl groups is 1. The van der Waals surface area contributed by atoms with Crippen LogP contribution in [0.25, 0.3) is 11.2 Å². The maximum Gasteiger partial charge on any atom is 0.312 e. The van der Waals surface area contributed by atoms with Gasteiger partial charge in [0, 0.05) is 13.5 Å². The average molecular weight is 579 g/mol. The smallest absolute Gasteiger partial charge is 0.312 e. The van der Waals surface area contributed by atoms with Gasteiger partial charge in [-0.25, -0.2) is 4.98 Å². The van der Waals surface area contributed by atoms with Gasteiger partial charge in [-0.3, -0.25) is 14.2 Å². The number of anilines is 1. The highest BCUT2D eigenvalue weighted by atomic mass is 19.1. The van der Waals surface area contributed by atoms with Crippen molar-refractivity contribution in [1.82, 2.24) is 19.5 Å². The molecule has 0 aliphatic carbocycles. The average Bonchev–Trinajstić information content (AvgIpc) is 3.59. The molecule has 12 heteroatoms. The monoisotopic (exact) mass is 578 g/mol. The molecule has 1 fully saturated rings. The van der Waals surface area contributed by atoms with Crippen molar-refractivity contribution in [3.63, 3.8) is 0 Å². The van der Waals surface area contributed by atoms with Gasteiger partial charge in [-0.05, 0) is 19.3 Å². The van der Waals surface area contributed by atoms with Gasteiger partial charge in [-0.15, -0.1) is 6.42 Å². The van der Waals surface area contributed by atoms with Gasteiger partial charge in [0.05, 0.1) is 6.33 Å². The normalized spacial score (nSPS) is 17.6. The van der Waals surface area contributed by atoms with Crippen LogP contribution in [0.2, 0.25) is 0 Å².